The van der Waals surface area contributed by atoms with Crippen LogP contribution in [-0.2, 0) is 6.42 Å². The summed E-state index contributed by atoms with van der Waals surface area (Å²) < 4.78 is 4.54. The number of nitrogens with zero attached hydrogens (tertiary/aromatic N) is 3. The average molecular weight is 278 g/mol. The second-order valence-electron chi connectivity index (χ2n) is 3.81. The predicted molar refractivity (Wildman–Crippen MR) is 65.1 cm³/mol. The Balaban J connectivity index is 1.95. The van der Waals surface area contributed by atoms with Gasteiger partial charge in [-0.05, 0) is 12.1 Å². The predicted octanol–water partition coefficient (Wildman–Crippen LogP) is 0.656. The second-order valence-corrected chi connectivity index (χ2v) is 3.81. The van der Waals surface area contributed by atoms with Gasteiger partial charge in [-0.3, -0.25) is 14.9 Å². The minimum Gasteiger partial charge on any atom is -0.502 e. The van der Waals surface area contributed by atoms with E-state index in [4.69, 9.17) is 0 Å². The number of aromatic hydroxyl groups is 1. The molecule has 1 aromatic carbocycles. The molecule has 2 rings (SSSR count). The molecule has 0 radical (unpaired) electrons. The maximum absolute atomic E-state index is 11.8. The Bertz CT molecular complexity index is 626. The van der Waals surface area contributed by atoms with E-state index in [1.54, 1.807) is 0 Å². The molecular formula is C11H10N4O5. The molecule has 0 atom stereocenters. The lowest BCUT2D eigenvalue weighted by molar-refractivity contribution is -0.385. The summed E-state index contributed by atoms with van der Waals surface area (Å²) in [6.45, 7) is 0.274. The normalized spacial score (nSPS) is 10.2. The average Bonchev–Trinajstić information content (AvgIpc) is 2.91. The standard InChI is InChI=1S/C11H10N4O5/c16-9-5-7(1-2-8(9)15(18)19)11(17)12-4-3-10-13-6-20-14-10/h1-2,5-6,16H,3-4H2,(H,12,17). The molecule has 1 amide bonds. The molecule has 20 heavy (non-hydrogen) atoms. The van der Waals surface area contributed by atoms with Gasteiger partial charge in [-0.25, -0.2) is 0 Å². The lowest BCUT2D eigenvalue weighted by Crippen LogP contribution is -2.25. The van der Waals surface area contributed by atoms with E-state index in [1.165, 1.54) is 12.5 Å². The van der Waals surface area contributed by atoms with Crippen molar-refractivity contribution >= 4 is 11.6 Å². The van der Waals surface area contributed by atoms with E-state index in [0.29, 0.717) is 12.2 Å². The SMILES string of the molecule is O=C(NCCc1ncon1)c1ccc([N+](=O)[O-])c(O)c1. The number of rotatable bonds is 5. The third-order valence-electron chi connectivity index (χ3n) is 2.48. The third kappa shape index (κ3) is 3.07. The molecular weight excluding hydrogens is 268 g/mol. The quantitative estimate of drug-likeness (QED) is 0.606. The number of nitro benzene ring substituents is 1. The van der Waals surface area contributed by atoms with Crippen LogP contribution in [0, 0.1) is 10.1 Å². The van der Waals surface area contributed by atoms with Crippen LogP contribution in [0.1, 0.15) is 16.2 Å². The molecule has 0 unspecified atom stereocenters. The van der Waals surface area contributed by atoms with Crippen LogP contribution >= 0.6 is 0 Å². The van der Waals surface area contributed by atoms with Crippen molar-refractivity contribution in [3.05, 3.63) is 46.1 Å². The van der Waals surface area contributed by atoms with Crippen LogP contribution in [0.4, 0.5) is 5.69 Å². The molecule has 0 fully saturated rings. The zero-order valence-electron chi connectivity index (χ0n) is 10.1. The molecule has 104 valence electrons. The fourth-order valence-electron chi connectivity index (χ4n) is 1.51. The minimum absolute atomic E-state index is 0.126. The Labute approximate surface area is 112 Å². The van der Waals surface area contributed by atoms with Gasteiger partial charge < -0.3 is 14.9 Å². The number of phenolic OH excluding ortho intramolecular Hbond substituents is 1. The van der Waals surface area contributed by atoms with Crippen molar-refractivity contribution < 1.29 is 19.3 Å². The molecule has 0 spiro atoms. The Morgan fingerprint density at radius 1 is 1.50 bits per heavy atom. The molecule has 9 nitrogen and oxygen atoms in total. The Hall–Kier alpha value is -2.97. The van der Waals surface area contributed by atoms with E-state index in [0.717, 1.165) is 12.1 Å². The van der Waals surface area contributed by atoms with Gasteiger partial charge in [0.05, 0.1) is 4.92 Å². The Morgan fingerprint density at radius 2 is 2.30 bits per heavy atom. The topological polar surface area (TPSA) is 131 Å². The van der Waals surface area contributed by atoms with Gasteiger partial charge in [0, 0.05) is 24.6 Å². The van der Waals surface area contributed by atoms with Crippen molar-refractivity contribution in [1.82, 2.24) is 15.5 Å². The van der Waals surface area contributed by atoms with E-state index >= 15 is 0 Å². The smallest absolute Gasteiger partial charge is 0.310 e. The first-order valence-corrected chi connectivity index (χ1v) is 5.59. The minimum atomic E-state index is -0.729. The number of aromatic nitrogens is 2. The summed E-state index contributed by atoms with van der Waals surface area (Å²) in [4.78, 5) is 25.3. The highest BCUT2D eigenvalue weighted by atomic mass is 16.6. The molecule has 1 heterocycles. The maximum atomic E-state index is 11.8. The van der Waals surface area contributed by atoms with Crippen molar-refractivity contribution in [3.8, 4) is 5.75 Å². The summed E-state index contributed by atoms with van der Waals surface area (Å²) in [5.74, 6) is -0.559. The Morgan fingerprint density at radius 3 is 2.90 bits per heavy atom. The van der Waals surface area contributed by atoms with E-state index in [1.807, 2.05) is 0 Å². The summed E-state index contributed by atoms with van der Waals surface area (Å²) in [6, 6.07) is 3.38. The van der Waals surface area contributed by atoms with Crippen LogP contribution in [0.3, 0.4) is 0 Å². The molecule has 0 saturated heterocycles. The van der Waals surface area contributed by atoms with Crippen molar-refractivity contribution in [2.75, 3.05) is 6.54 Å². The second kappa shape index (κ2) is 5.78. The van der Waals surface area contributed by atoms with Gasteiger partial charge in [-0.1, -0.05) is 5.16 Å². The number of amides is 1. The van der Waals surface area contributed by atoms with Crippen LogP contribution < -0.4 is 5.32 Å². The summed E-state index contributed by atoms with van der Waals surface area (Å²) in [7, 11) is 0. The lowest BCUT2D eigenvalue weighted by atomic mass is 10.1. The van der Waals surface area contributed by atoms with E-state index < -0.39 is 22.3 Å². The van der Waals surface area contributed by atoms with E-state index in [2.05, 4.69) is 20.0 Å². The lowest BCUT2D eigenvalue weighted by Gasteiger charge is -2.04. The van der Waals surface area contributed by atoms with Gasteiger partial charge in [0.15, 0.2) is 11.6 Å². The third-order valence-corrected chi connectivity index (χ3v) is 2.48. The summed E-state index contributed by atoms with van der Waals surface area (Å²) in [5.41, 5.74) is -0.324. The molecule has 2 aromatic rings. The number of phenols is 1. The fraction of sp³-hybridized carbons (Fsp3) is 0.182. The molecule has 0 saturated carbocycles. The number of carbonyl (C=O) groups is 1. The Kier molecular flexibility index (Phi) is 3.89. The van der Waals surface area contributed by atoms with Crippen LogP contribution in [0.25, 0.3) is 0 Å². The van der Waals surface area contributed by atoms with Crippen LogP contribution in [-0.4, -0.2) is 32.6 Å². The zero-order chi connectivity index (χ0) is 14.5. The number of carbonyl (C=O) groups excluding carboxylic acids is 1. The summed E-state index contributed by atoms with van der Waals surface area (Å²) >= 11 is 0. The number of nitrogens with one attached hydrogen (secondary N) is 1. The highest BCUT2D eigenvalue weighted by Crippen LogP contribution is 2.26. The molecule has 2 N–H and O–H groups in total. The number of nitro groups is 1. The first-order chi connectivity index (χ1) is 9.58. The van der Waals surface area contributed by atoms with Crippen LogP contribution in [0.5, 0.6) is 5.75 Å². The van der Waals surface area contributed by atoms with E-state index in [-0.39, 0.29) is 12.1 Å². The molecule has 1 aromatic heterocycles. The maximum Gasteiger partial charge on any atom is 0.310 e. The number of hydrogen-bond donors (Lipinski definition) is 2. The molecule has 0 aliphatic carbocycles. The first-order valence-electron chi connectivity index (χ1n) is 5.59. The monoisotopic (exact) mass is 278 g/mol. The van der Waals surface area contributed by atoms with Gasteiger partial charge in [0.2, 0.25) is 6.39 Å². The highest BCUT2D eigenvalue weighted by Gasteiger charge is 2.15. The molecule has 9 heteroatoms. The largest absolute Gasteiger partial charge is 0.502 e. The van der Waals surface area contributed by atoms with Gasteiger partial charge in [-0.15, -0.1) is 0 Å². The number of hydrogen-bond acceptors (Lipinski definition) is 7. The zero-order valence-corrected chi connectivity index (χ0v) is 10.1. The van der Waals surface area contributed by atoms with Gasteiger partial charge >= 0.3 is 5.69 Å². The highest BCUT2D eigenvalue weighted by molar-refractivity contribution is 5.95. The number of benzene rings is 1. The van der Waals surface area contributed by atoms with Crippen LogP contribution in [0.15, 0.2) is 29.1 Å². The van der Waals surface area contributed by atoms with Gasteiger partial charge in [-0.2, -0.15) is 4.98 Å². The molecule has 0 aliphatic heterocycles. The van der Waals surface area contributed by atoms with Crippen molar-refractivity contribution in [3.63, 3.8) is 0 Å². The fourth-order valence-corrected chi connectivity index (χ4v) is 1.51. The molecule has 0 aliphatic rings. The molecule has 0 bridgehead atoms. The van der Waals surface area contributed by atoms with E-state index in [9.17, 15) is 20.0 Å². The first kappa shape index (κ1) is 13.5. The van der Waals surface area contributed by atoms with Crippen LogP contribution in [0.2, 0.25) is 0 Å². The van der Waals surface area contributed by atoms with Crippen molar-refractivity contribution in [1.29, 1.82) is 0 Å². The van der Waals surface area contributed by atoms with Gasteiger partial charge in [0.1, 0.15) is 0 Å². The van der Waals surface area contributed by atoms with Gasteiger partial charge in [0.25, 0.3) is 5.91 Å². The summed E-state index contributed by atoms with van der Waals surface area (Å²) in [5, 5.41) is 26.1. The summed E-state index contributed by atoms with van der Waals surface area (Å²) in [6.07, 6.45) is 1.58. The van der Waals surface area contributed by atoms with Crippen molar-refractivity contribution in [2.45, 2.75) is 6.42 Å². The van der Waals surface area contributed by atoms with Crippen molar-refractivity contribution in [2.24, 2.45) is 0 Å².